The molecule has 0 radical (unpaired) electrons. The third kappa shape index (κ3) is 5.12. The number of halogens is 2. The van der Waals surface area contributed by atoms with Gasteiger partial charge in [-0.2, -0.15) is 0 Å². The zero-order chi connectivity index (χ0) is 23.4. The SMILES string of the molecule is O=C1NC(=O)N(c2ccc(F)cc2)C(=O)/C1=C/c1cccn1CCCOc1ccc(Cl)cc1. The van der Waals surface area contributed by atoms with Crippen LogP contribution in [0.4, 0.5) is 14.9 Å². The highest BCUT2D eigenvalue weighted by Gasteiger charge is 2.36. The van der Waals surface area contributed by atoms with E-state index in [0.29, 0.717) is 36.0 Å². The predicted molar refractivity (Wildman–Crippen MR) is 121 cm³/mol. The van der Waals surface area contributed by atoms with Crippen molar-refractivity contribution in [2.24, 2.45) is 0 Å². The quantitative estimate of drug-likeness (QED) is 0.317. The lowest BCUT2D eigenvalue weighted by molar-refractivity contribution is -0.122. The third-order valence-electron chi connectivity index (χ3n) is 4.97. The summed E-state index contributed by atoms with van der Waals surface area (Å²) in [4.78, 5) is 38.4. The number of imide groups is 2. The van der Waals surface area contributed by atoms with Gasteiger partial charge in [-0.25, -0.2) is 14.1 Å². The van der Waals surface area contributed by atoms with Crippen LogP contribution in [0.15, 0.2) is 72.4 Å². The zero-order valence-corrected chi connectivity index (χ0v) is 18.1. The van der Waals surface area contributed by atoms with Gasteiger partial charge in [0.1, 0.15) is 17.1 Å². The highest BCUT2D eigenvalue weighted by atomic mass is 35.5. The Morgan fingerprint density at radius 1 is 1.00 bits per heavy atom. The van der Waals surface area contributed by atoms with Crippen LogP contribution in [0.3, 0.4) is 0 Å². The minimum atomic E-state index is -0.886. The first kappa shape index (κ1) is 22.3. The zero-order valence-electron chi connectivity index (χ0n) is 17.3. The normalized spacial score (nSPS) is 15.2. The van der Waals surface area contributed by atoms with E-state index in [2.05, 4.69) is 5.32 Å². The number of benzene rings is 2. The highest BCUT2D eigenvalue weighted by Crippen LogP contribution is 2.22. The first-order valence-corrected chi connectivity index (χ1v) is 10.5. The van der Waals surface area contributed by atoms with E-state index in [1.165, 1.54) is 18.2 Å². The Balaban J connectivity index is 1.46. The fraction of sp³-hybridized carbons (Fsp3) is 0.125. The largest absolute Gasteiger partial charge is 0.494 e. The number of rotatable bonds is 7. The van der Waals surface area contributed by atoms with Crippen molar-refractivity contribution in [1.29, 1.82) is 0 Å². The summed E-state index contributed by atoms with van der Waals surface area (Å²) in [7, 11) is 0. The number of nitrogens with one attached hydrogen (secondary N) is 1. The minimum Gasteiger partial charge on any atom is -0.494 e. The number of ether oxygens (including phenoxy) is 1. The molecule has 0 atom stereocenters. The lowest BCUT2D eigenvalue weighted by atomic mass is 10.1. The Kier molecular flexibility index (Phi) is 6.55. The van der Waals surface area contributed by atoms with Gasteiger partial charge in [0.2, 0.25) is 0 Å². The maximum atomic E-state index is 13.2. The number of carbonyl (C=O) groups is 3. The fourth-order valence-electron chi connectivity index (χ4n) is 3.35. The number of urea groups is 1. The lowest BCUT2D eigenvalue weighted by Crippen LogP contribution is -2.54. The van der Waals surface area contributed by atoms with Crippen molar-refractivity contribution in [2.45, 2.75) is 13.0 Å². The summed E-state index contributed by atoms with van der Waals surface area (Å²) in [5.74, 6) is -1.37. The fourth-order valence-corrected chi connectivity index (χ4v) is 3.47. The Morgan fingerprint density at radius 3 is 2.45 bits per heavy atom. The van der Waals surface area contributed by atoms with Crippen LogP contribution in [0, 0.1) is 5.82 Å². The number of nitrogens with zero attached hydrogens (tertiary/aromatic N) is 2. The molecule has 1 N–H and O–H groups in total. The van der Waals surface area contributed by atoms with Gasteiger partial charge in [0.25, 0.3) is 11.8 Å². The average molecular weight is 468 g/mol. The molecule has 2 aromatic carbocycles. The standard InChI is InChI=1S/C24H19ClFN3O4/c25-16-4-10-20(11-5-16)33-14-2-13-28-12-1-3-19(28)15-21-22(30)27-24(32)29(23(21)31)18-8-6-17(26)7-9-18/h1,3-12,15H,2,13-14H2,(H,27,30,32)/b21-15+. The summed E-state index contributed by atoms with van der Waals surface area (Å²) >= 11 is 5.86. The molecule has 1 aliphatic rings. The maximum absolute atomic E-state index is 13.2. The second-order valence-electron chi connectivity index (χ2n) is 7.22. The van der Waals surface area contributed by atoms with Crippen LogP contribution < -0.4 is 15.0 Å². The maximum Gasteiger partial charge on any atom is 0.335 e. The molecule has 3 aromatic rings. The second-order valence-corrected chi connectivity index (χ2v) is 7.65. The van der Waals surface area contributed by atoms with Crippen LogP contribution in [-0.2, 0) is 16.1 Å². The number of hydrogen-bond acceptors (Lipinski definition) is 4. The van der Waals surface area contributed by atoms with Gasteiger partial charge < -0.3 is 9.30 Å². The number of aromatic nitrogens is 1. The molecular formula is C24H19ClFN3O4. The molecule has 0 unspecified atom stereocenters. The van der Waals surface area contributed by atoms with E-state index in [1.54, 1.807) is 36.4 Å². The van der Waals surface area contributed by atoms with E-state index in [9.17, 15) is 18.8 Å². The van der Waals surface area contributed by atoms with E-state index in [1.807, 2.05) is 10.8 Å². The number of anilines is 1. The van der Waals surface area contributed by atoms with Crippen LogP contribution in [0.5, 0.6) is 5.75 Å². The van der Waals surface area contributed by atoms with Crippen LogP contribution in [0.25, 0.3) is 6.08 Å². The van der Waals surface area contributed by atoms with Crippen molar-refractivity contribution >= 4 is 41.2 Å². The van der Waals surface area contributed by atoms with Gasteiger partial charge in [0.05, 0.1) is 12.3 Å². The van der Waals surface area contributed by atoms with E-state index < -0.39 is 23.7 Å². The summed E-state index contributed by atoms with van der Waals surface area (Å²) in [6.07, 6.45) is 3.93. The monoisotopic (exact) mass is 467 g/mol. The second kappa shape index (κ2) is 9.70. The molecule has 2 heterocycles. The molecule has 1 fully saturated rings. The summed E-state index contributed by atoms with van der Waals surface area (Å²) in [5, 5.41) is 2.79. The Labute approximate surface area is 194 Å². The molecule has 0 bridgehead atoms. The molecule has 33 heavy (non-hydrogen) atoms. The molecule has 4 rings (SSSR count). The van der Waals surface area contributed by atoms with Crippen LogP contribution in [0.1, 0.15) is 12.1 Å². The third-order valence-corrected chi connectivity index (χ3v) is 5.22. The predicted octanol–water partition coefficient (Wildman–Crippen LogP) is 4.42. The molecule has 0 saturated carbocycles. The van der Waals surface area contributed by atoms with Crippen molar-refractivity contribution in [3.8, 4) is 5.75 Å². The number of carbonyl (C=O) groups excluding carboxylic acids is 3. The van der Waals surface area contributed by atoms with Gasteiger partial charge in [0, 0.05) is 23.5 Å². The topological polar surface area (TPSA) is 80.6 Å². The summed E-state index contributed by atoms with van der Waals surface area (Å²) < 4.78 is 20.8. The lowest BCUT2D eigenvalue weighted by Gasteiger charge is -2.26. The number of barbiturate groups is 1. The smallest absolute Gasteiger partial charge is 0.335 e. The van der Waals surface area contributed by atoms with Crippen LogP contribution in [-0.4, -0.2) is 29.0 Å². The van der Waals surface area contributed by atoms with E-state index in [4.69, 9.17) is 16.3 Å². The van der Waals surface area contributed by atoms with Crippen molar-refractivity contribution in [3.63, 3.8) is 0 Å². The van der Waals surface area contributed by atoms with Crippen molar-refractivity contribution in [1.82, 2.24) is 9.88 Å². The van der Waals surface area contributed by atoms with E-state index in [-0.39, 0.29) is 11.3 Å². The van der Waals surface area contributed by atoms with E-state index >= 15 is 0 Å². The van der Waals surface area contributed by atoms with Gasteiger partial charge >= 0.3 is 6.03 Å². The van der Waals surface area contributed by atoms with Crippen molar-refractivity contribution < 1.29 is 23.5 Å². The Morgan fingerprint density at radius 2 is 1.73 bits per heavy atom. The van der Waals surface area contributed by atoms with Gasteiger partial charge in [-0.15, -0.1) is 0 Å². The van der Waals surface area contributed by atoms with Gasteiger partial charge in [0.15, 0.2) is 0 Å². The average Bonchev–Trinajstić information content (AvgIpc) is 3.23. The van der Waals surface area contributed by atoms with Crippen molar-refractivity contribution in [2.75, 3.05) is 11.5 Å². The van der Waals surface area contributed by atoms with Crippen molar-refractivity contribution in [3.05, 3.63) is 89.0 Å². The summed E-state index contributed by atoms with van der Waals surface area (Å²) in [5.41, 5.74) is 0.580. The number of amides is 4. The van der Waals surface area contributed by atoms with Gasteiger partial charge in [-0.3, -0.25) is 14.9 Å². The highest BCUT2D eigenvalue weighted by molar-refractivity contribution is 6.39. The van der Waals surface area contributed by atoms with E-state index in [0.717, 1.165) is 17.0 Å². The van der Waals surface area contributed by atoms with Crippen LogP contribution >= 0.6 is 11.6 Å². The minimum absolute atomic E-state index is 0.159. The van der Waals surface area contributed by atoms with Gasteiger partial charge in [-0.1, -0.05) is 11.6 Å². The molecule has 0 aliphatic carbocycles. The number of aryl methyl sites for hydroxylation is 1. The first-order valence-electron chi connectivity index (χ1n) is 10.1. The van der Waals surface area contributed by atoms with Crippen LogP contribution in [0.2, 0.25) is 5.02 Å². The molecule has 4 amide bonds. The molecule has 168 valence electrons. The first-order chi connectivity index (χ1) is 15.9. The summed E-state index contributed by atoms with van der Waals surface area (Å²) in [6, 6.07) is 14.6. The summed E-state index contributed by atoms with van der Waals surface area (Å²) in [6.45, 7) is 1.04. The molecule has 1 aliphatic heterocycles. The molecule has 0 spiro atoms. The molecular weight excluding hydrogens is 449 g/mol. The molecule has 1 saturated heterocycles. The molecule has 7 nitrogen and oxygen atoms in total. The molecule has 1 aromatic heterocycles. The Hall–Kier alpha value is -3.91. The number of hydrogen-bond donors (Lipinski definition) is 1. The molecule has 9 heteroatoms. The Bertz CT molecular complexity index is 1220. The van der Waals surface area contributed by atoms with Gasteiger partial charge in [-0.05, 0) is 73.2 Å².